The molecule has 0 saturated carbocycles. The van der Waals surface area contributed by atoms with Crippen molar-refractivity contribution in [2.24, 2.45) is 0 Å². The molecule has 0 aliphatic heterocycles. The normalized spacial score (nSPS) is 9.71. The molecule has 3 nitrogen and oxygen atoms in total. The molecule has 0 amide bonds. The Kier molecular flexibility index (Phi) is 7.05. The van der Waals surface area contributed by atoms with E-state index in [2.05, 4.69) is 13.8 Å². The minimum Gasteiger partial charge on any atom is -0.507 e. The molecule has 0 bridgehead atoms. The number of allylic oxidation sites excluding steroid dienone is 1. The van der Waals surface area contributed by atoms with E-state index in [4.69, 9.17) is 10.5 Å². The average molecular weight is 282 g/mol. The van der Waals surface area contributed by atoms with Crippen LogP contribution in [0.1, 0.15) is 56.2 Å². The van der Waals surface area contributed by atoms with Crippen LogP contribution in [0.2, 0.25) is 0 Å². The van der Waals surface area contributed by atoms with Crippen LogP contribution in [0.25, 0.3) is 6.08 Å². The molecule has 0 fully saturated rings. The Morgan fingerprint density at radius 3 is 1.90 bits per heavy atom. The summed E-state index contributed by atoms with van der Waals surface area (Å²) in [6, 6.07) is 7.52. The van der Waals surface area contributed by atoms with Gasteiger partial charge in [-0.15, -0.1) is 0 Å². The summed E-state index contributed by atoms with van der Waals surface area (Å²) in [5, 5.41) is 28.1. The van der Waals surface area contributed by atoms with Gasteiger partial charge in [0.25, 0.3) is 0 Å². The smallest absolute Gasteiger partial charge is 0.130 e. The largest absolute Gasteiger partial charge is 0.507 e. The lowest BCUT2D eigenvalue weighted by Crippen LogP contribution is -1.94. The lowest BCUT2D eigenvalue weighted by molar-refractivity contribution is 0.458. The maximum atomic E-state index is 10.4. The van der Waals surface area contributed by atoms with Crippen molar-refractivity contribution >= 4 is 6.08 Å². The predicted octanol–water partition coefficient (Wildman–Crippen LogP) is 4.51. The van der Waals surface area contributed by atoms with Gasteiger partial charge in [-0.1, -0.05) is 26.7 Å². The molecule has 0 aliphatic rings. The van der Waals surface area contributed by atoms with E-state index in [1.807, 2.05) is 24.3 Å². The fourth-order valence-electron chi connectivity index (χ4n) is 2.24. The van der Waals surface area contributed by atoms with Gasteiger partial charge in [0.2, 0.25) is 0 Å². The molecule has 1 N–H and O–H groups in total. The van der Waals surface area contributed by atoms with Gasteiger partial charge in [-0.2, -0.15) is 10.5 Å². The zero-order valence-electron chi connectivity index (χ0n) is 12.8. The van der Waals surface area contributed by atoms with E-state index in [1.54, 1.807) is 6.08 Å². The fraction of sp³-hybridized carbons (Fsp3) is 0.444. The Morgan fingerprint density at radius 1 is 1.05 bits per heavy atom. The number of unbranched alkanes of at least 4 members (excludes halogenated alkanes) is 2. The van der Waals surface area contributed by atoms with Gasteiger partial charge in [0.15, 0.2) is 0 Å². The Morgan fingerprint density at radius 2 is 1.52 bits per heavy atom. The molecule has 1 aromatic rings. The first kappa shape index (κ1) is 16.8. The number of aromatic hydroxyl groups is 1. The monoisotopic (exact) mass is 282 g/mol. The maximum absolute atomic E-state index is 10.4. The number of hydrogen-bond acceptors (Lipinski definition) is 3. The Hall–Kier alpha value is -2.26. The summed E-state index contributed by atoms with van der Waals surface area (Å²) in [7, 11) is 0. The molecular weight excluding hydrogens is 260 g/mol. The number of nitriles is 2. The lowest BCUT2D eigenvalue weighted by Gasteiger charge is -2.11. The van der Waals surface area contributed by atoms with E-state index in [0.717, 1.165) is 55.2 Å². The molecule has 0 unspecified atom stereocenters. The van der Waals surface area contributed by atoms with Gasteiger partial charge in [-0.3, -0.25) is 0 Å². The van der Waals surface area contributed by atoms with Crippen LogP contribution < -0.4 is 0 Å². The van der Waals surface area contributed by atoms with Crippen molar-refractivity contribution in [2.45, 2.75) is 52.4 Å². The predicted molar refractivity (Wildman–Crippen MR) is 84.5 cm³/mol. The zero-order valence-corrected chi connectivity index (χ0v) is 12.8. The van der Waals surface area contributed by atoms with Gasteiger partial charge < -0.3 is 5.11 Å². The van der Waals surface area contributed by atoms with Crippen LogP contribution in [0.15, 0.2) is 17.7 Å². The van der Waals surface area contributed by atoms with Crippen molar-refractivity contribution in [3.8, 4) is 17.9 Å². The number of phenols is 1. The van der Waals surface area contributed by atoms with Crippen LogP contribution in [0.4, 0.5) is 0 Å². The van der Waals surface area contributed by atoms with Gasteiger partial charge in [-0.05, 0) is 60.6 Å². The second-order valence-corrected chi connectivity index (χ2v) is 5.18. The molecule has 110 valence electrons. The first-order valence-corrected chi connectivity index (χ1v) is 7.52. The van der Waals surface area contributed by atoms with E-state index in [0.29, 0.717) is 5.75 Å². The molecule has 0 spiro atoms. The molecule has 0 aromatic heterocycles. The van der Waals surface area contributed by atoms with Crippen LogP contribution >= 0.6 is 0 Å². The number of rotatable bonds is 7. The fourth-order valence-corrected chi connectivity index (χ4v) is 2.24. The molecule has 0 atom stereocenters. The topological polar surface area (TPSA) is 67.8 Å². The number of hydrogen-bond donors (Lipinski definition) is 1. The van der Waals surface area contributed by atoms with Crippen LogP contribution in [0.3, 0.4) is 0 Å². The standard InChI is InChI=1S/C18H22N2O/c1-3-5-7-16-10-14(9-15(12-19)13-20)11-17(18(16)21)8-6-4-2/h9-11,21H,3-8H2,1-2H3. The minimum atomic E-state index is 0.0866. The van der Waals surface area contributed by atoms with Crippen molar-refractivity contribution < 1.29 is 5.11 Å². The van der Waals surface area contributed by atoms with E-state index in [-0.39, 0.29) is 5.57 Å². The third kappa shape index (κ3) is 4.97. The van der Waals surface area contributed by atoms with Crippen LogP contribution in [0.5, 0.6) is 5.75 Å². The summed E-state index contributed by atoms with van der Waals surface area (Å²) in [6.45, 7) is 4.23. The molecule has 21 heavy (non-hydrogen) atoms. The summed E-state index contributed by atoms with van der Waals surface area (Å²) >= 11 is 0. The number of nitrogens with zero attached hydrogens (tertiary/aromatic N) is 2. The Labute approximate surface area is 127 Å². The Bertz CT molecular complexity index is 543. The summed E-state index contributed by atoms with van der Waals surface area (Å²) in [4.78, 5) is 0. The number of aryl methyl sites for hydroxylation is 2. The molecule has 1 rings (SSSR count). The van der Waals surface area contributed by atoms with Gasteiger partial charge in [0.1, 0.15) is 23.5 Å². The van der Waals surface area contributed by atoms with Gasteiger partial charge in [0.05, 0.1) is 0 Å². The highest BCUT2D eigenvalue weighted by molar-refractivity contribution is 5.64. The van der Waals surface area contributed by atoms with Crippen molar-refractivity contribution in [2.75, 3.05) is 0 Å². The summed E-state index contributed by atoms with van der Waals surface area (Å²) in [6.07, 6.45) is 7.37. The lowest BCUT2D eigenvalue weighted by atomic mass is 9.96. The van der Waals surface area contributed by atoms with Crippen molar-refractivity contribution in [3.63, 3.8) is 0 Å². The van der Waals surface area contributed by atoms with Crippen LogP contribution in [0, 0.1) is 22.7 Å². The van der Waals surface area contributed by atoms with Crippen molar-refractivity contribution in [1.82, 2.24) is 0 Å². The molecule has 0 saturated heterocycles. The number of phenolic OH excluding ortho intramolecular Hbond substituents is 1. The Balaban J connectivity index is 3.22. The molecule has 0 heterocycles. The molecule has 1 aromatic carbocycles. The first-order chi connectivity index (χ1) is 10.2. The van der Waals surface area contributed by atoms with E-state index in [9.17, 15) is 5.11 Å². The third-order valence-corrected chi connectivity index (χ3v) is 3.44. The number of benzene rings is 1. The zero-order chi connectivity index (χ0) is 15.7. The minimum absolute atomic E-state index is 0.0866. The second kappa shape index (κ2) is 8.82. The average Bonchev–Trinajstić information content (AvgIpc) is 2.51. The second-order valence-electron chi connectivity index (χ2n) is 5.18. The third-order valence-electron chi connectivity index (χ3n) is 3.44. The summed E-state index contributed by atoms with van der Waals surface area (Å²) < 4.78 is 0. The van der Waals surface area contributed by atoms with E-state index >= 15 is 0 Å². The maximum Gasteiger partial charge on any atom is 0.130 e. The van der Waals surface area contributed by atoms with E-state index in [1.165, 1.54) is 0 Å². The summed E-state index contributed by atoms with van der Waals surface area (Å²) in [5.74, 6) is 0.379. The van der Waals surface area contributed by atoms with Gasteiger partial charge >= 0.3 is 0 Å². The first-order valence-electron chi connectivity index (χ1n) is 7.52. The SMILES string of the molecule is CCCCc1cc(C=C(C#N)C#N)cc(CCCC)c1O. The highest BCUT2D eigenvalue weighted by Gasteiger charge is 2.09. The molecule has 0 radical (unpaired) electrons. The quantitative estimate of drug-likeness (QED) is 0.748. The van der Waals surface area contributed by atoms with Crippen LogP contribution in [-0.2, 0) is 12.8 Å². The van der Waals surface area contributed by atoms with Crippen molar-refractivity contribution in [3.05, 3.63) is 34.4 Å². The van der Waals surface area contributed by atoms with Crippen LogP contribution in [-0.4, -0.2) is 5.11 Å². The van der Waals surface area contributed by atoms with Crippen molar-refractivity contribution in [1.29, 1.82) is 10.5 Å². The van der Waals surface area contributed by atoms with Gasteiger partial charge in [0, 0.05) is 0 Å². The molecular formula is C18H22N2O. The molecule has 3 heteroatoms. The highest BCUT2D eigenvalue weighted by Crippen LogP contribution is 2.28. The highest BCUT2D eigenvalue weighted by atomic mass is 16.3. The van der Waals surface area contributed by atoms with E-state index < -0.39 is 0 Å². The molecule has 0 aliphatic carbocycles. The summed E-state index contributed by atoms with van der Waals surface area (Å²) in [5.41, 5.74) is 2.73. The van der Waals surface area contributed by atoms with Gasteiger partial charge in [-0.25, -0.2) is 0 Å².